The van der Waals surface area contributed by atoms with E-state index in [4.69, 9.17) is 4.74 Å². The van der Waals surface area contributed by atoms with Gasteiger partial charge in [0.25, 0.3) is 15.9 Å². The molecule has 1 saturated carbocycles. The van der Waals surface area contributed by atoms with Gasteiger partial charge in [0.2, 0.25) is 5.88 Å². The second kappa shape index (κ2) is 9.29. The molecule has 0 aromatic carbocycles. The summed E-state index contributed by atoms with van der Waals surface area (Å²) in [5, 5.41) is -0.246. The third-order valence-electron chi connectivity index (χ3n) is 6.40. The highest BCUT2D eigenvalue weighted by Crippen LogP contribution is 2.37. The van der Waals surface area contributed by atoms with Gasteiger partial charge in [-0.25, -0.2) is 9.71 Å². The lowest BCUT2D eigenvalue weighted by atomic mass is 9.97. The molecule has 1 atom stereocenters. The maximum atomic E-state index is 13.1. The minimum absolute atomic E-state index is 0.0444. The van der Waals surface area contributed by atoms with Gasteiger partial charge in [0, 0.05) is 24.3 Å². The molecule has 0 spiro atoms. The maximum absolute atomic E-state index is 13.1. The summed E-state index contributed by atoms with van der Waals surface area (Å²) in [4.78, 5) is 23.8. The minimum atomic E-state index is -4.19. The van der Waals surface area contributed by atoms with Crippen molar-refractivity contribution in [2.24, 2.45) is 5.92 Å². The first-order valence-electron chi connectivity index (χ1n) is 11.6. The number of carbonyl (C=O) groups is 1. The number of nitrogens with zero attached hydrogens (tertiary/aromatic N) is 3. The van der Waals surface area contributed by atoms with E-state index in [2.05, 4.69) is 40.4 Å². The normalized spacial score (nSPS) is 21.1. The van der Waals surface area contributed by atoms with Gasteiger partial charge < -0.3 is 9.64 Å². The van der Waals surface area contributed by atoms with Gasteiger partial charge in [-0.15, -0.1) is 0 Å². The van der Waals surface area contributed by atoms with Crippen LogP contribution >= 0.6 is 0 Å². The Morgan fingerprint density at radius 3 is 2.61 bits per heavy atom. The average Bonchev–Trinajstić information content (AvgIpc) is 3.06. The lowest BCUT2D eigenvalue weighted by Crippen LogP contribution is -2.41. The molecule has 1 N–H and O–H groups in total. The van der Waals surface area contributed by atoms with Crippen LogP contribution in [0.3, 0.4) is 0 Å². The molecule has 1 amide bonds. The van der Waals surface area contributed by atoms with Gasteiger partial charge in [-0.2, -0.15) is 13.4 Å². The molecule has 2 aromatic heterocycles. The van der Waals surface area contributed by atoms with Crippen LogP contribution in [-0.4, -0.2) is 42.5 Å². The number of ether oxygens (including phenoxy) is 1. The van der Waals surface area contributed by atoms with E-state index in [1.807, 2.05) is 0 Å². The molecular formula is C24H32N4O4S. The lowest BCUT2D eigenvalue weighted by Gasteiger charge is -2.33. The zero-order valence-corrected chi connectivity index (χ0v) is 20.3. The second-order valence-electron chi connectivity index (χ2n) is 9.73. The summed E-state index contributed by atoms with van der Waals surface area (Å²) >= 11 is 0. The van der Waals surface area contributed by atoms with Crippen LogP contribution in [-0.2, 0) is 10.0 Å². The molecule has 33 heavy (non-hydrogen) atoms. The van der Waals surface area contributed by atoms with Gasteiger partial charge in [-0.05, 0) is 70.1 Å². The van der Waals surface area contributed by atoms with E-state index >= 15 is 0 Å². The van der Waals surface area contributed by atoms with E-state index in [-0.39, 0.29) is 28.1 Å². The van der Waals surface area contributed by atoms with E-state index in [1.165, 1.54) is 12.5 Å². The second-order valence-corrected chi connectivity index (χ2v) is 11.4. The highest BCUT2D eigenvalue weighted by atomic mass is 32.2. The first kappa shape index (κ1) is 23.5. The van der Waals surface area contributed by atoms with Gasteiger partial charge >= 0.3 is 0 Å². The summed E-state index contributed by atoms with van der Waals surface area (Å²) in [5.41, 5.74) is 0.0338. The number of hydrogen-bond acceptors (Lipinski definition) is 7. The number of hydrogen-bond donors (Lipinski definition) is 1. The Morgan fingerprint density at radius 2 is 1.91 bits per heavy atom. The molecule has 1 saturated heterocycles. The fraction of sp³-hybridized carbons (Fsp3) is 0.542. The number of amides is 1. The highest BCUT2D eigenvalue weighted by Gasteiger charge is 2.39. The number of sulfonamides is 1. The third-order valence-corrected chi connectivity index (χ3v) is 7.63. The van der Waals surface area contributed by atoms with Crippen molar-refractivity contribution in [3.63, 3.8) is 0 Å². The molecule has 2 aliphatic rings. The number of anilines is 1. The van der Waals surface area contributed by atoms with Crippen LogP contribution in [0.2, 0.25) is 0 Å². The topological polar surface area (TPSA) is 101 Å². The summed E-state index contributed by atoms with van der Waals surface area (Å²) in [6, 6.07) is 7.81. The van der Waals surface area contributed by atoms with Crippen LogP contribution in [0, 0.1) is 5.92 Å². The molecule has 8 nitrogen and oxygen atoms in total. The zero-order valence-electron chi connectivity index (χ0n) is 19.5. The lowest BCUT2D eigenvalue weighted by molar-refractivity contribution is 0.0981. The Labute approximate surface area is 195 Å². The van der Waals surface area contributed by atoms with Crippen LogP contribution in [0.25, 0.3) is 0 Å². The molecule has 0 radical (unpaired) electrons. The van der Waals surface area contributed by atoms with Gasteiger partial charge in [-0.1, -0.05) is 19.4 Å². The van der Waals surface area contributed by atoms with Crippen molar-refractivity contribution in [2.75, 3.05) is 11.4 Å². The van der Waals surface area contributed by atoms with Gasteiger partial charge in [0.1, 0.15) is 11.9 Å². The predicted molar refractivity (Wildman–Crippen MR) is 126 cm³/mol. The van der Waals surface area contributed by atoms with E-state index < -0.39 is 15.9 Å². The monoisotopic (exact) mass is 472 g/mol. The van der Waals surface area contributed by atoms with Crippen molar-refractivity contribution >= 4 is 21.7 Å². The van der Waals surface area contributed by atoms with E-state index in [9.17, 15) is 13.2 Å². The molecule has 1 unspecified atom stereocenters. The number of aromatic nitrogens is 2. The van der Waals surface area contributed by atoms with E-state index in [0.29, 0.717) is 11.7 Å². The van der Waals surface area contributed by atoms with Crippen LogP contribution in [0.15, 0.2) is 41.6 Å². The number of rotatable bonds is 6. The van der Waals surface area contributed by atoms with Gasteiger partial charge in [0.15, 0.2) is 5.03 Å². The standard InChI is InChI=1S/C24H32N4O4S/c1-17-15-24(2,3)28(16-17)22-19(11-8-14-25-22)23(29)27-33(30,31)21-13-7-12-20(26-21)32-18-9-5-4-6-10-18/h7-8,11-14,17-18H,4-6,9-10,15-16H2,1-3H3,(H,27,29). The van der Waals surface area contributed by atoms with Crippen molar-refractivity contribution in [1.29, 1.82) is 0 Å². The fourth-order valence-electron chi connectivity index (χ4n) is 4.94. The van der Waals surface area contributed by atoms with Crippen LogP contribution in [0.1, 0.15) is 69.7 Å². The Hall–Kier alpha value is -2.68. The summed E-state index contributed by atoms with van der Waals surface area (Å²) < 4.78 is 34.0. The molecule has 1 aliphatic carbocycles. The Kier molecular flexibility index (Phi) is 6.61. The molecule has 178 valence electrons. The molecule has 2 aromatic rings. The summed E-state index contributed by atoms with van der Waals surface area (Å²) in [7, 11) is -4.19. The Morgan fingerprint density at radius 1 is 1.15 bits per heavy atom. The van der Waals surface area contributed by atoms with Crippen molar-refractivity contribution in [1.82, 2.24) is 14.7 Å². The molecular weight excluding hydrogens is 440 g/mol. The van der Waals surface area contributed by atoms with Crippen molar-refractivity contribution in [2.45, 2.75) is 76.0 Å². The molecule has 2 fully saturated rings. The van der Waals surface area contributed by atoms with Crippen molar-refractivity contribution < 1.29 is 17.9 Å². The van der Waals surface area contributed by atoms with Crippen molar-refractivity contribution in [3.8, 4) is 5.88 Å². The summed E-state index contributed by atoms with van der Waals surface area (Å²) in [6.07, 6.45) is 7.88. The average molecular weight is 473 g/mol. The molecule has 1 aliphatic heterocycles. The predicted octanol–water partition coefficient (Wildman–Crippen LogP) is 3.93. The first-order chi connectivity index (χ1) is 15.7. The number of nitrogens with one attached hydrogen (secondary N) is 1. The maximum Gasteiger partial charge on any atom is 0.281 e. The van der Waals surface area contributed by atoms with E-state index in [1.54, 1.807) is 30.5 Å². The van der Waals surface area contributed by atoms with Crippen LogP contribution in [0.4, 0.5) is 5.82 Å². The van der Waals surface area contributed by atoms with Gasteiger partial charge in [-0.3, -0.25) is 4.79 Å². The van der Waals surface area contributed by atoms with Crippen LogP contribution < -0.4 is 14.4 Å². The van der Waals surface area contributed by atoms with Crippen molar-refractivity contribution in [3.05, 3.63) is 42.1 Å². The minimum Gasteiger partial charge on any atom is -0.474 e. The Bertz CT molecular complexity index is 1110. The largest absolute Gasteiger partial charge is 0.474 e. The van der Waals surface area contributed by atoms with Gasteiger partial charge in [0.05, 0.1) is 5.56 Å². The summed E-state index contributed by atoms with van der Waals surface area (Å²) in [6.45, 7) is 7.11. The SMILES string of the molecule is CC1CN(c2ncccc2C(=O)NS(=O)(=O)c2cccc(OC3CCCCC3)n2)C(C)(C)C1. The quantitative estimate of drug-likeness (QED) is 0.680. The molecule has 3 heterocycles. The van der Waals surface area contributed by atoms with E-state index in [0.717, 1.165) is 38.6 Å². The molecule has 0 bridgehead atoms. The smallest absolute Gasteiger partial charge is 0.281 e. The zero-order chi connectivity index (χ0) is 23.6. The number of carbonyl (C=O) groups excluding carboxylic acids is 1. The first-order valence-corrected chi connectivity index (χ1v) is 13.1. The highest BCUT2D eigenvalue weighted by molar-refractivity contribution is 7.90. The summed E-state index contributed by atoms with van der Waals surface area (Å²) in [5.74, 6) is 0.459. The molecule has 4 rings (SSSR count). The number of pyridine rings is 2. The molecule has 9 heteroatoms. The third kappa shape index (κ3) is 5.29. The van der Waals surface area contributed by atoms with Crippen LogP contribution in [0.5, 0.6) is 5.88 Å². The Balaban J connectivity index is 1.54. The fourth-order valence-corrected chi connectivity index (χ4v) is 5.87.